The predicted octanol–water partition coefficient (Wildman–Crippen LogP) is 0.143. The lowest BCUT2D eigenvalue weighted by atomic mass is 10.2. The minimum absolute atomic E-state index is 0.577. The first-order valence-corrected chi connectivity index (χ1v) is 5.31. The molecular formula is C9H9N3O9. The highest BCUT2D eigenvalue weighted by atomic mass is 16.7. The van der Waals surface area contributed by atoms with E-state index in [4.69, 9.17) is 14.9 Å². The van der Waals surface area contributed by atoms with Gasteiger partial charge in [0.2, 0.25) is 5.75 Å². The van der Waals surface area contributed by atoms with E-state index in [1.165, 1.54) is 0 Å². The molecule has 1 aromatic rings. The fourth-order valence-corrected chi connectivity index (χ4v) is 1.41. The zero-order valence-electron chi connectivity index (χ0n) is 10.2. The standard InChI is InChI=1S/C9H9N3O9/c13-3-5(14)4-21-7-2-1-6(10(15)16)8(11(17)18)9(7)12(19)20/h1-2,5,13-14H,3-4H2. The van der Waals surface area contributed by atoms with E-state index in [1.54, 1.807) is 0 Å². The van der Waals surface area contributed by atoms with Crippen LogP contribution < -0.4 is 4.74 Å². The number of benzene rings is 1. The Kier molecular flexibility index (Phi) is 5.04. The van der Waals surface area contributed by atoms with Crippen LogP contribution in [-0.4, -0.2) is 44.3 Å². The van der Waals surface area contributed by atoms with Crippen molar-refractivity contribution in [3.8, 4) is 5.75 Å². The van der Waals surface area contributed by atoms with Crippen molar-refractivity contribution in [3.63, 3.8) is 0 Å². The van der Waals surface area contributed by atoms with Crippen LogP contribution in [0.2, 0.25) is 0 Å². The second kappa shape index (κ2) is 6.53. The maximum atomic E-state index is 10.9. The van der Waals surface area contributed by atoms with Crippen molar-refractivity contribution >= 4 is 17.1 Å². The van der Waals surface area contributed by atoms with Crippen molar-refractivity contribution in [1.82, 2.24) is 0 Å². The molecule has 0 spiro atoms. The molecule has 0 saturated heterocycles. The van der Waals surface area contributed by atoms with Crippen molar-refractivity contribution in [2.75, 3.05) is 13.2 Å². The van der Waals surface area contributed by atoms with Crippen LogP contribution in [0.4, 0.5) is 17.1 Å². The van der Waals surface area contributed by atoms with Gasteiger partial charge in [-0.05, 0) is 6.07 Å². The maximum absolute atomic E-state index is 10.9. The van der Waals surface area contributed by atoms with Gasteiger partial charge in [0.05, 0.1) is 21.4 Å². The van der Waals surface area contributed by atoms with Gasteiger partial charge in [0.1, 0.15) is 12.7 Å². The fourth-order valence-electron chi connectivity index (χ4n) is 1.41. The Morgan fingerprint density at radius 3 is 2.05 bits per heavy atom. The lowest BCUT2D eigenvalue weighted by Gasteiger charge is -2.09. The highest BCUT2D eigenvalue weighted by Crippen LogP contribution is 2.42. The Hall–Kier alpha value is -2.86. The van der Waals surface area contributed by atoms with E-state index in [2.05, 4.69) is 0 Å². The third kappa shape index (κ3) is 3.58. The quantitative estimate of drug-likeness (QED) is 0.523. The molecule has 0 aliphatic heterocycles. The van der Waals surface area contributed by atoms with Crippen LogP contribution >= 0.6 is 0 Å². The summed E-state index contributed by atoms with van der Waals surface area (Å²) in [6, 6.07) is 1.50. The highest BCUT2D eigenvalue weighted by Gasteiger charge is 2.39. The monoisotopic (exact) mass is 303 g/mol. The molecule has 12 heteroatoms. The van der Waals surface area contributed by atoms with E-state index in [-0.39, 0.29) is 0 Å². The Morgan fingerprint density at radius 2 is 1.62 bits per heavy atom. The normalized spacial score (nSPS) is 11.7. The van der Waals surface area contributed by atoms with Gasteiger partial charge in [-0.25, -0.2) is 0 Å². The van der Waals surface area contributed by atoms with E-state index < -0.39 is 56.9 Å². The van der Waals surface area contributed by atoms with E-state index in [9.17, 15) is 30.3 Å². The van der Waals surface area contributed by atoms with E-state index in [1.807, 2.05) is 0 Å². The van der Waals surface area contributed by atoms with Gasteiger partial charge in [0.25, 0.3) is 0 Å². The second-order valence-electron chi connectivity index (χ2n) is 3.70. The van der Waals surface area contributed by atoms with Crippen molar-refractivity contribution < 1.29 is 29.7 Å². The van der Waals surface area contributed by atoms with Gasteiger partial charge in [-0.15, -0.1) is 0 Å². The van der Waals surface area contributed by atoms with E-state index in [0.717, 1.165) is 6.07 Å². The second-order valence-corrected chi connectivity index (χ2v) is 3.70. The summed E-state index contributed by atoms with van der Waals surface area (Å²) in [5.74, 6) is -0.621. The molecule has 0 amide bonds. The molecule has 0 aliphatic rings. The first-order valence-electron chi connectivity index (χ1n) is 5.31. The summed E-state index contributed by atoms with van der Waals surface area (Å²) in [6.45, 7) is -1.27. The summed E-state index contributed by atoms with van der Waals surface area (Å²) in [7, 11) is 0. The lowest BCUT2D eigenvalue weighted by Crippen LogP contribution is -2.21. The van der Waals surface area contributed by atoms with Crippen molar-refractivity contribution in [3.05, 3.63) is 42.5 Å². The molecule has 12 nitrogen and oxygen atoms in total. The smallest absolute Gasteiger partial charge is 0.426 e. The number of hydrogen-bond acceptors (Lipinski definition) is 9. The number of aliphatic hydroxyl groups excluding tert-OH is 2. The Labute approximate surface area is 115 Å². The minimum Gasteiger partial charge on any atom is -0.484 e. The van der Waals surface area contributed by atoms with Crippen LogP contribution in [-0.2, 0) is 0 Å². The number of aliphatic hydroxyl groups is 2. The summed E-state index contributed by atoms with van der Waals surface area (Å²) in [6.07, 6.45) is -1.36. The molecule has 0 radical (unpaired) electrons. The summed E-state index contributed by atoms with van der Waals surface area (Å²) >= 11 is 0. The SMILES string of the molecule is O=[N+]([O-])c1ccc(OCC(O)CO)c([N+](=O)[O-])c1[N+](=O)[O-]. The van der Waals surface area contributed by atoms with Crippen LogP contribution in [0, 0.1) is 30.3 Å². The van der Waals surface area contributed by atoms with Crippen LogP contribution in [0.25, 0.3) is 0 Å². The number of nitro groups is 3. The number of hydrogen-bond donors (Lipinski definition) is 2. The molecule has 21 heavy (non-hydrogen) atoms. The fraction of sp³-hybridized carbons (Fsp3) is 0.333. The molecule has 114 valence electrons. The van der Waals surface area contributed by atoms with Crippen molar-refractivity contribution in [2.24, 2.45) is 0 Å². The summed E-state index contributed by atoms with van der Waals surface area (Å²) < 4.78 is 4.80. The van der Waals surface area contributed by atoms with Gasteiger partial charge in [-0.2, -0.15) is 0 Å². The summed E-state index contributed by atoms with van der Waals surface area (Å²) in [4.78, 5) is 28.9. The van der Waals surface area contributed by atoms with Crippen molar-refractivity contribution in [2.45, 2.75) is 6.10 Å². The molecule has 0 aliphatic carbocycles. The molecule has 0 aromatic heterocycles. The third-order valence-electron chi connectivity index (χ3n) is 2.30. The van der Waals surface area contributed by atoms with E-state index >= 15 is 0 Å². The van der Waals surface area contributed by atoms with Crippen LogP contribution in [0.3, 0.4) is 0 Å². The van der Waals surface area contributed by atoms with Gasteiger partial charge < -0.3 is 14.9 Å². The molecule has 1 rings (SSSR count). The topological polar surface area (TPSA) is 179 Å². The van der Waals surface area contributed by atoms with Crippen LogP contribution in [0.5, 0.6) is 5.75 Å². The number of nitrogens with zero attached hydrogens (tertiary/aromatic N) is 3. The Morgan fingerprint density at radius 1 is 1.05 bits per heavy atom. The minimum atomic E-state index is -1.36. The maximum Gasteiger partial charge on any atom is 0.426 e. The zero-order valence-corrected chi connectivity index (χ0v) is 10.2. The largest absolute Gasteiger partial charge is 0.484 e. The summed E-state index contributed by atoms with van der Waals surface area (Å²) in [5.41, 5.74) is -3.57. The average molecular weight is 303 g/mol. The molecule has 0 heterocycles. The third-order valence-corrected chi connectivity index (χ3v) is 2.30. The van der Waals surface area contributed by atoms with Crippen molar-refractivity contribution in [1.29, 1.82) is 0 Å². The van der Waals surface area contributed by atoms with Crippen LogP contribution in [0.1, 0.15) is 0 Å². The molecule has 0 fully saturated rings. The molecule has 2 N–H and O–H groups in total. The van der Waals surface area contributed by atoms with Gasteiger partial charge in [0.15, 0.2) is 0 Å². The molecule has 0 bridgehead atoms. The average Bonchev–Trinajstić information content (AvgIpc) is 2.42. The predicted molar refractivity (Wildman–Crippen MR) is 65.0 cm³/mol. The Balaban J connectivity index is 3.39. The number of nitro benzene ring substituents is 3. The number of ether oxygens (including phenoxy) is 1. The molecular weight excluding hydrogens is 294 g/mol. The number of rotatable bonds is 7. The van der Waals surface area contributed by atoms with Crippen LogP contribution in [0.15, 0.2) is 12.1 Å². The molecule has 1 unspecified atom stereocenters. The van der Waals surface area contributed by atoms with Gasteiger partial charge in [-0.1, -0.05) is 0 Å². The zero-order chi connectivity index (χ0) is 16.2. The van der Waals surface area contributed by atoms with Gasteiger partial charge in [-0.3, -0.25) is 30.3 Å². The van der Waals surface area contributed by atoms with E-state index in [0.29, 0.717) is 6.07 Å². The molecule has 0 saturated carbocycles. The lowest BCUT2D eigenvalue weighted by molar-refractivity contribution is -0.441. The first kappa shape index (κ1) is 16.2. The first-order chi connectivity index (χ1) is 9.79. The highest BCUT2D eigenvalue weighted by molar-refractivity contribution is 5.71. The summed E-state index contributed by atoms with van der Waals surface area (Å²) in [5, 5.41) is 50.1. The Bertz CT molecular complexity index is 588. The molecule has 1 atom stereocenters. The van der Waals surface area contributed by atoms with Gasteiger partial charge in [0, 0.05) is 6.07 Å². The van der Waals surface area contributed by atoms with Gasteiger partial charge >= 0.3 is 17.1 Å². The molecule has 1 aromatic carbocycles.